The van der Waals surface area contributed by atoms with Crippen LogP contribution >= 0.6 is 11.6 Å². The summed E-state index contributed by atoms with van der Waals surface area (Å²) in [4.78, 5) is 24.4. The zero-order valence-corrected chi connectivity index (χ0v) is 23.9. The number of hydrogen-bond acceptors (Lipinski definition) is 7. The van der Waals surface area contributed by atoms with Gasteiger partial charge in [0.05, 0.1) is 6.07 Å². The highest BCUT2D eigenvalue weighted by Gasteiger charge is 2.47. The molecule has 3 aliphatic heterocycles. The monoisotopic (exact) mass is 590 g/mol. The fourth-order valence-electron chi connectivity index (χ4n) is 5.75. The van der Waals surface area contributed by atoms with Gasteiger partial charge >= 0.3 is 6.18 Å². The lowest BCUT2D eigenvalue weighted by Gasteiger charge is -2.46. The number of halogens is 4. The molecule has 41 heavy (non-hydrogen) atoms. The molecule has 12 heteroatoms. The molecule has 1 aromatic rings. The molecule has 3 heterocycles. The van der Waals surface area contributed by atoms with E-state index < -0.39 is 12.3 Å². The fraction of sp³-hybridized carbons (Fsp3) is 0.483. The van der Waals surface area contributed by atoms with Crippen LogP contribution in [0.25, 0.3) is 0 Å². The van der Waals surface area contributed by atoms with Gasteiger partial charge in [0.1, 0.15) is 5.84 Å². The number of allylic oxidation sites excluding steroid dienone is 4. The number of likely N-dealkylation sites (N-methyl/N-ethyl adjacent to an activating group) is 1. The molecular formula is C29H34ClF3N6O2. The van der Waals surface area contributed by atoms with Crippen molar-refractivity contribution in [1.82, 2.24) is 19.6 Å². The van der Waals surface area contributed by atoms with E-state index in [2.05, 4.69) is 16.0 Å². The number of aliphatic imine (C=N–C) groups is 1. The van der Waals surface area contributed by atoms with Gasteiger partial charge in [-0.2, -0.15) is 18.4 Å². The minimum atomic E-state index is -4.54. The van der Waals surface area contributed by atoms with Gasteiger partial charge in [-0.25, -0.2) is 4.99 Å². The molecule has 2 atom stereocenters. The second kappa shape index (κ2) is 13.1. The SMILES string of the molecule is CN1C2=CCC=C(C#N)C=C2C(N2CCC[C@@H](N3CCN(C(=O)c4ccc(Cl)cc4)CC3)C2)=NC1C(F)(F)F.CO. The van der Waals surface area contributed by atoms with Gasteiger partial charge in [-0.1, -0.05) is 23.8 Å². The number of carbonyl (C=O) groups is 1. The van der Waals surface area contributed by atoms with Gasteiger partial charge in [-0.3, -0.25) is 9.69 Å². The third-order valence-electron chi connectivity index (χ3n) is 7.78. The Morgan fingerprint density at radius 3 is 2.41 bits per heavy atom. The van der Waals surface area contributed by atoms with Crippen molar-refractivity contribution in [2.45, 2.75) is 37.6 Å². The van der Waals surface area contributed by atoms with E-state index in [0.29, 0.717) is 79.0 Å². The van der Waals surface area contributed by atoms with Crippen molar-refractivity contribution in [2.24, 2.45) is 4.99 Å². The number of carbonyl (C=O) groups excluding carboxylic acids is 1. The Morgan fingerprint density at radius 2 is 1.78 bits per heavy atom. The van der Waals surface area contributed by atoms with Crippen molar-refractivity contribution in [2.75, 3.05) is 53.4 Å². The van der Waals surface area contributed by atoms with E-state index in [-0.39, 0.29) is 11.9 Å². The van der Waals surface area contributed by atoms with Gasteiger partial charge in [-0.15, -0.1) is 0 Å². The Labute approximate surface area is 243 Å². The number of piperazine rings is 1. The molecule has 8 nitrogen and oxygen atoms in total. The Kier molecular flexibility index (Phi) is 9.79. The van der Waals surface area contributed by atoms with E-state index in [1.54, 1.807) is 42.5 Å². The molecule has 0 radical (unpaired) electrons. The number of piperidine rings is 1. The Bertz CT molecular complexity index is 1280. The van der Waals surface area contributed by atoms with E-state index >= 15 is 0 Å². The van der Waals surface area contributed by atoms with Crippen molar-refractivity contribution in [3.05, 3.63) is 69.9 Å². The lowest BCUT2D eigenvalue weighted by molar-refractivity contribution is -0.174. The van der Waals surface area contributed by atoms with Gasteiger partial charge in [0.25, 0.3) is 5.91 Å². The van der Waals surface area contributed by atoms with Gasteiger partial charge < -0.3 is 19.8 Å². The Balaban J connectivity index is 0.00000189. The average Bonchev–Trinajstić information content (AvgIpc) is 3.21. The molecule has 2 fully saturated rings. The number of nitriles is 1. The molecule has 0 saturated carbocycles. The van der Waals surface area contributed by atoms with E-state index in [1.807, 2.05) is 9.80 Å². The molecule has 1 N–H and O–H groups in total. The number of aliphatic hydroxyl groups excluding tert-OH is 1. The molecule has 5 rings (SSSR count). The number of fused-ring (bicyclic) bond motifs is 1. The molecule has 1 aliphatic carbocycles. The third kappa shape index (κ3) is 6.77. The smallest absolute Gasteiger partial charge is 0.400 e. The van der Waals surface area contributed by atoms with Gasteiger partial charge in [-0.05, 0) is 49.6 Å². The number of aliphatic hydroxyl groups is 1. The molecule has 0 aromatic heterocycles. The van der Waals surface area contributed by atoms with Crippen LogP contribution in [-0.2, 0) is 0 Å². The van der Waals surface area contributed by atoms with Gasteiger partial charge in [0.2, 0.25) is 6.17 Å². The van der Waals surface area contributed by atoms with Crippen LogP contribution in [0.1, 0.15) is 29.6 Å². The lowest BCUT2D eigenvalue weighted by atomic mass is 9.99. The lowest BCUT2D eigenvalue weighted by Crippen LogP contribution is -2.57. The largest absolute Gasteiger partial charge is 0.429 e. The van der Waals surface area contributed by atoms with Crippen LogP contribution in [0.5, 0.6) is 0 Å². The van der Waals surface area contributed by atoms with Crippen molar-refractivity contribution in [3.8, 4) is 6.07 Å². The summed E-state index contributed by atoms with van der Waals surface area (Å²) < 4.78 is 42.1. The third-order valence-corrected chi connectivity index (χ3v) is 8.04. The first kappa shape index (κ1) is 30.6. The van der Waals surface area contributed by atoms with Crippen LogP contribution < -0.4 is 0 Å². The minimum Gasteiger partial charge on any atom is -0.400 e. The summed E-state index contributed by atoms with van der Waals surface area (Å²) in [6.45, 7) is 3.66. The first-order valence-corrected chi connectivity index (χ1v) is 13.9. The van der Waals surface area contributed by atoms with Crippen molar-refractivity contribution < 1.29 is 23.1 Å². The normalized spacial score (nSPS) is 23.5. The van der Waals surface area contributed by atoms with E-state index in [9.17, 15) is 23.2 Å². The number of hydrogen-bond donors (Lipinski definition) is 1. The molecule has 4 aliphatic rings. The average molecular weight is 591 g/mol. The number of nitrogens with zero attached hydrogens (tertiary/aromatic N) is 6. The van der Waals surface area contributed by atoms with Crippen LogP contribution in [0, 0.1) is 11.3 Å². The molecule has 0 bridgehead atoms. The maximum Gasteiger partial charge on any atom is 0.429 e. The summed E-state index contributed by atoms with van der Waals surface area (Å²) in [6.07, 6.45) is 0.705. The van der Waals surface area contributed by atoms with Crippen molar-refractivity contribution in [1.29, 1.82) is 5.26 Å². The minimum absolute atomic E-state index is 0.0311. The molecule has 2 saturated heterocycles. The number of amidine groups is 1. The highest BCUT2D eigenvalue weighted by atomic mass is 35.5. The topological polar surface area (TPSA) is 86.4 Å². The number of benzene rings is 1. The van der Waals surface area contributed by atoms with E-state index in [1.165, 1.54) is 7.05 Å². The molecule has 1 amide bonds. The van der Waals surface area contributed by atoms with Crippen LogP contribution in [0.2, 0.25) is 5.02 Å². The highest BCUT2D eigenvalue weighted by molar-refractivity contribution is 6.30. The van der Waals surface area contributed by atoms with Gasteiger partial charge in [0.15, 0.2) is 0 Å². The highest BCUT2D eigenvalue weighted by Crippen LogP contribution is 2.37. The van der Waals surface area contributed by atoms with E-state index in [4.69, 9.17) is 16.7 Å². The molecular weight excluding hydrogens is 557 g/mol. The predicted molar refractivity (Wildman–Crippen MR) is 151 cm³/mol. The first-order valence-electron chi connectivity index (χ1n) is 13.5. The maximum absolute atomic E-state index is 14.0. The summed E-state index contributed by atoms with van der Waals surface area (Å²) >= 11 is 5.95. The number of amides is 1. The number of likely N-dealkylation sites (tertiary alicyclic amines) is 1. The quantitative estimate of drug-likeness (QED) is 0.559. The first-order chi connectivity index (χ1) is 19.7. The molecule has 1 unspecified atom stereocenters. The van der Waals surface area contributed by atoms with Crippen molar-refractivity contribution in [3.63, 3.8) is 0 Å². The van der Waals surface area contributed by atoms with Crippen LogP contribution in [0.15, 0.2) is 64.3 Å². The summed E-state index contributed by atoms with van der Waals surface area (Å²) in [7, 11) is 2.40. The van der Waals surface area contributed by atoms with Crippen molar-refractivity contribution >= 4 is 23.3 Å². The number of alkyl halides is 3. The standard InChI is InChI=1S/C28H30ClF3N6O.CH4O/c1-35-24-6-2-4-19(17-33)16-23(24)25(34-27(35)28(30,31)32)38-11-3-5-22(18-38)36-12-14-37(15-13-36)26(39)20-7-9-21(29)10-8-20;1-2/h4,6-10,16,22,27H,2-3,5,11-15,18H2,1H3;2H,1H3/t22-,27?;/m1./s1. The zero-order chi connectivity index (χ0) is 29.7. The zero-order valence-electron chi connectivity index (χ0n) is 23.1. The fourth-order valence-corrected chi connectivity index (χ4v) is 5.87. The van der Waals surface area contributed by atoms with Crippen LogP contribution in [0.4, 0.5) is 13.2 Å². The van der Waals surface area contributed by atoms with Gasteiger partial charge in [0, 0.05) is 86.9 Å². The Hall–Kier alpha value is -3.33. The molecule has 0 spiro atoms. The summed E-state index contributed by atoms with van der Waals surface area (Å²) in [5.41, 5.74) is 2.02. The van der Waals surface area contributed by atoms with Crippen LogP contribution in [0.3, 0.4) is 0 Å². The maximum atomic E-state index is 14.0. The van der Waals surface area contributed by atoms with E-state index in [0.717, 1.165) is 24.9 Å². The predicted octanol–water partition coefficient (Wildman–Crippen LogP) is 4.07. The molecule has 220 valence electrons. The van der Waals surface area contributed by atoms with Crippen LogP contribution in [-0.4, -0.2) is 108 Å². The number of rotatable bonds is 2. The second-order valence-electron chi connectivity index (χ2n) is 10.2. The summed E-state index contributed by atoms with van der Waals surface area (Å²) in [6, 6.07) is 9.13. The summed E-state index contributed by atoms with van der Waals surface area (Å²) in [5, 5.41) is 17.1. The molecule has 1 aromatic carbocycles. The Morgan fingerprint density at radius 1 is 1.10 bits per heavy atom. The second-order valence-corrected chi connectivity index (χ2v) is 10.6. The summed E-state index contributed by atoms with van der Waals surface area (Å²) in [5.74, 6) is 0.266.